The minimum Gasteiger partial charge on any atom is -0.311 e. The summed E-state index contributed by atoms with van der Waals surface area (Å²) in [4.78, 5) is 8.59. The van der Waals surface area contributed by atoms with E-state index < -0.39 is 0 Å². The number of rotatable bonds is 5. The average Bonchev–Trinajstić information content (AvgIpc) is 2.77. The SMILES string of the molecule is CCCNCc1cncc(-n2cc(Cl)cn2)n1. The summed E-state index contributed by atoms with van der Waals surface area (Å²) in [6.45, 7) is 3.81. The molecule has 0 aromatic carbocycles. The predicted molar refractivity (Wildman–Crippen MR) is 66.2 cm³/mol. The van der Waals surface area contributed by atoms with Crippen LogP contribution in [0.1, 0.15) is 19.0 Å². The van der Waals surface area contributed by atoms with E-state index in [0.717, 1.165) is 18.7 Å². The van der Waals surface area contributed by atoms with Crippen molar-refractivity contribution in [2.75, 3.05) is 6.54 Å². The molecule has 0 bridgehead atoms. The van der Waals surface area contributed by atoms with Crippen LogP contribution in [0.5, 0.6) is 0 Å². The largest absolute Gasteiger partial charge is 0.311 e. The second-order valence-corrected chi connectivity index (χ2v) is 4.08. The maximum absolute atomic E-state index is 5.81. The van der Waals surface area contributed by atoms with Crippen LogP contribution in [-0.2, 0) is 6.54 Å². The fourth-order valence-corrected chi connectivity index (χ4v) is 1.55. The molecule has 2 aromatic heterocycles. The first-order valence-electron chi connectivity index (χ1n) is 5.52. The minimum atomic E-state index is 0.585. The molecule has 0 spiro atoms. The summed E-state index contributed by atoms with van der Waals surface area (Å²) in [7, 11) is 0. The molecule has 90 valence electrons. The van der Waals surface area contributed by atoms with E-state index in [-0.39, 0.29) is 0 Å². The van der Waals surface area contributed by atoms with Gasteiger partial charge in [-0.15, -0.1) is 0 Å². The van der Waals surface area contributed by atoms with Crippen LogP contribution >= 0.6 is 11.6 Å². The fraction of sp³-hybridized carbons (Fsp3) is 0.364. The Balaban J connectivity index is 2.11. The molecule has 0 saturated heterocycles. The van der Waals surface area contributed by atoms with Gasteiger partial charge in [0.2, 0.25) is 0 Å². The van der Waals surface area contributed by atoms with Crippen molar-refractivity contribution in [2.24, 2.45) is 0 Å². The lowest BCUT2D eigenvalue weighted by Crippen LogP contribution is -2.15. The van der Waals surface area contributed by atoms with Gasteiger partial charge in [0.05, 0.1) is 29.3 Å². The quantitative estimate of drug-likeness (QED) is 0.824. The maximum atomic E-state index is 5.81. The Bertz CT molecular complexity index is 482. The molecular weight excluding hydrogens is 238 g/mol. The van der Waals surface area contributed by atoms with Crippen molar-refractivity contribution in [2.45, 2.75) is 19.9 Å². The van der Waals surface area contributed by atoms with Gasteiger partial charge in [-0.05, 0) is 13.0 Å². The minimum absolute atomic E-state index is 0.585. The average molecular weight is 252 g/mol. The number of nitrogens with zero attached hydrogens (tertiary/aromatic N) is 4. The van der Waals surface area contributed by atoms with Crippen LogP contribution < -0.4 is 5.32 Å². The molecule has 5 nitrogen and oxygen atoms in total. The topological polar surface area (TPSA) is 55.6 Å². The molecule has 0 aliphatic rings. The zero-order chi connectivity index (χ0) is 12.1. The number of nitrogens with one attached hydrogen (secondary N) is 1. The first-order valence-corrected chi connectivity index (χ1v) is 5.89. The van der Waals surface area contributed by atoms with Crippen LogP contribution in [0, 0.1) is 0 Å². The fourth-order valence-electron chi connectivity index (χ4n) is 1.41. The highest BCUT2D eigenvalue weighted by Crippen LogP contribution is 2.09. The van der Waals surface area contributed by atoms with Gasteiger partial charge in [-0.25, -0.2) is 9.67 Å². The zero-order valence-electron chi connectivity index (χ0n) is 9.60. The normalized spacial score (nSPS) is 10.7. The van der Waals surface area contributed by atoms with Gasteiger partial charge in [0.25, 0.3) is 0 Å². The molecular formula is C11H14ClN5. The summed E-state index contributed by atoms with van der Waals surface area (Å²) in [6, 6.07) is 0. The molecule has 0 atom stereocenters. The van der Waals surface area contributed by atoms with Crippen LogP contribution in [0.2, 0.25) is 5.02 Å². The van der Waals surface area contributed by atoms with Gasteiger partial charge in [-0.1, -0.05) is 18.5 Å². The Morgan fingerprint density at radius 1 is 1.35 bits per heavy atom. The van der Waals surface area contributed by atoms with Gasteiger partial charge in [-0.2, -0.15) is 5.10 Å². The van der Waals surface area contributed by atoms with Crippen molar-refractivity contribution in [3.63, 3.8) is 0 Å². The molecule has 0 amide bonds. The van der Waals surface area contributed by atoms with Crippen LogP contribution in [-0.4, -0.2) is 26.3 Å². The molecule has 2 heterocycles. The Morgan fingerprint density at radius 2 is 2.24 bits per heavy atom. The molecule has 2 rings (SSSR count). The van der Waals surface area contributed by atoms with Crippen LogP contribution in [0.3, 0.4) is 0 Å². The van der Waals surface area contributed by atoms with Crippen LogP contribution in [0.15, 0.2) is 24.8 Å². The van der Waals surface area contributed by atoms with E-state index in [4.69, 9.17) is 11.6 Å². The van der Waals surface area contributed by atoms with Crippen molar-refractivity contribution >= 4 is 11.6 Å². The number of hydrogen-bond donors (Lipinski definition) is 1. The number of hydrogen-bond acceptors (Lipinski definition) is 4. The second kappa shape index (κ2) is 5.75. The number of aromatic nitrogens is 4. The van der Waals surface area contributed by atoms with E-state index >= 15 is 0 Å². The van der Waals surface area contributed by atoms with Gasteiger partial charge >= 0.3 is 0 Å². The molecule has 0 radical (unpaired) electrons. The monoisotopic (exact) mass is 251 g/mol. The predicted octanol–water partition coefficient (Wildman–Crippen LogP) is 1.82. The van der Waals surface area contributed by atoms with E-state index in [1.165, 1.54) is 0 Å². The van der Waals surface area contributed by atoms with Crippen molar-refractivity contribution in [1.29, 1.82) is 0 Å². The van der Waals surface area contributed by atoms with E-state index in [2.05, 4.69) is 27.3 Å². The highest BCUT2D eigenvalue weighted by molar-refractivity contribution is 6.30. The zero-order valence-corrected chi connectivity index (χ0v) is 10.4. The highest BCUT2D eigenvalue weighted by atomic mass is 35.5. The van der Waals surface area contributed by atoms with Crippen molar-refractivity contribution in [1.82, 2.24) is 25.1 Å². The smallest absolute Gasteiger partial charge is 0.172 e. The van der Waals surface area contributed by atoms with Crippen LogP contribution in [0.25, 0.3) is 5.82 Å². The Morgan fingerprint density at radius 3 is 2.94 bits per heavy atom. The van der Waals surface area contributed by atoms with Gasteiger partial charge < -0.3 is 5.32 Å². The lowest BCUT2D eigenvalue weighted by molar-refractivity contribution is 0.658. The summed E-state index contributed by atoms with van der Waals surface area (Å²) in [6.07, 6.45) is 7.78. The Kier molecular flexibility index (Phi) is 4.06. The van der Waals surface area contributed by atoms with Gasteiger partial charge in [0, 0.05) is 12.7 Å². The molecule has 0 fully saturated rings. The molecule has 0 aliphatic carbocycles. The highest BCUT2D eigenvalue weighted by Gasteiger charge is 2.02. The molecule has 0 saturated carbocycles. The molecule has 2 aromatic rings. The summed E-state index contributed by atoms with van der Waals surface area (Å²) in [5.74, 6) is 0.674. The third-order valence-electron chi connectivity index (χ3n) is 2.19. The van der Waals surface area contributed by atoms with Crippen molar-refractivity contribution < 1.29 is 0 Å². The Labute approximate surface area is 105 Å². The lowest BCUT2D eigenvalue weighted by atomic mass is 10.4. The molecule has 1 N–H and O–H groups in total. The van der Waals surface area contributed by atoms with E-state index in [9.17, 15) is 0 Å². The van der Waals surface area contributed by atoms with Gasteiger partial charge in [0.1, 0.15) is 0 Å². The number of halogens is 1. The standard InChI is InChI=1S/C11H14ClN5/c1-2-3-13-5-10-6-14-7-11(16-10)17-8-9(12)4-15-17/h4,6-8,13H,2-3,5H2,1H3. The molecule has 0 aliphatic heterocycles. The summed E-state index contributed by atoms with van der Waals surface area (Å²) >= 11 is 5.81. The third kappa shape index (κ3) is 3.25. The first-order chi connectivity index (χ1) is 8.29. The summed E-state index contributed by atoms with van der Waals surface area (Å²) in [5, 5.41) is 7.95. The van der Waals surface area contributed by atoms with E-state index in [1.54, 1.807) is 29.5 Å². The maximum Gasteiger partial charge on any atom is 0.172 e. The lowest BCUT2D eigenvalue weighted by Gasteiger charge is -2.04. The molecule has 0 unspecified atom stereocenters. The molecule has 17 heavy (non-hydrogen) atoms. The van der Waals surface area contributed by atoms with E-state index in [1.807, 2.05) is 0 Å². The van der Waals surface area contributed by atoms with Gasteiger partial charge in [0.15, 0.2) is 5.82 Å². The van der Waals surface area contributed by atoms with Gasteiger partial charge in [-0.3, -0.25) is 4.98 Å². The van der Waals surface area contributed by atoms with Crippen molar-refractivity contribution in [3.8, 4) is 5.82 Å². The summed E-state index contributed by atoms with van der Waals surface area (Å²) in [5.41, 5.74) is 0.891. The van der Waals surface area contributed by atoms with Crippen molar-refractivity contribution in [3.05, 3.63) is 35.5 Å². The van der Waals surface area contributed by atoms with E-state index in [0.29, 0.717) is 17.4 Å². The Hall–Kier alpha value is -1.46. The third-order valence-corrected chi connectivity index (χ3v) is 2.39. The molecule has 6 heteroatoms. The van der Waals surface area contributed by atoms with Crippen LogP contribution in [0.4, 0.5) is 0 Å². The first kappa shape index (κ1) is 12.0. The summed E-state index contributed by atoms with van der Waals surface area (Å²) < 4.78 is 1.61. The second-order valence-electron chi connectivity index (χ2n) is 3.65.